The molecule has 2 aromatic rings. The van der Waals surface area contributed by atoms with Crippen LogP contribution in [0.5, 0.6) is 0 Å². The first-order valence-electron chi connectivity index (χ1n) is 11.1. The smallest absolute Gasteiger partial charge is 0.325 e. The first kappa shape index (κ1) is 25.1. The normalized spacial score (nSPS) is 25.5. The second-order valence-electron chi connectivity index (χ2n) is 9.92. The first-order valence-corrected chi connectivity index (χ1v) is 11.9. The second-order valence-corrected chi connectivity index (χ2v) is 10.7. The van der Waals surface area contributed by atoms with E-state index in [2.05, 4.69) is 10.5 Å². The Hall–Kier alpha value is -2.97. The van der Waals surface area contributed by atoms with Gasteiger partial charge in [-0.1, -0.05) is 55.2 Å². The summed E-state index contributed by atoms with van der Waals surface area (Å²) in [5, 5.41) is 18.8. The molecule has 2 aromatic carbocycles. The summed E-state index contributed by atoms with van der Waals surface area (Å²) in [5.41, 5.74) is -0.0706. The van der Waals surface area contributed by atoms with Crippen LogP contribution in [-0.2, 0) is 9.63 Å². The maximum absolute atomic E-state index is 13.7. The molecule has 2 aliphatic carbocycles. The largest absolute Gasteiger partial charge is 0.365 e. The lowest BCUT2D eigenvalue weighted by Crippen LogP contribution is -2.43. The van der Waals surface area contributed by atoms with Gasteiger partial charge in [0.2, 0.25) is 5.91 Å². The van der Waals surface area contributed by atoms with Crippen LogP contribution >= 0.6 is 23.2 Å². The van der Waals surface area contributed by atoms with Gasteiger partial charge in [0.05, 0.1) is 21.6 Å². The predicted octanol–water partition coefficient (Wildman–Crippen LogP) is 6.58. The Bertz CT molecular complexity index is 1290. The van der Waals surface area contributed by atoms with E-state index >= 15 is 0 Å². The maximum atomic E-state index is 13.7. The molecular formula is C25H25Cl2N3O5. The Balaban J connectivity index is 1.60. The fourth-order valence-electron chi connectivity index (χ4n) is 5.44. The minimum Gasteiger partial charge on any atom is -0.325 e. The zero-order valence-corrected chi connectivity index (χ0v) is 21.3. The van der Waals surface area contributed by atoms with Gasteiger partial charge in [0.25, 0.3) is 5.69 Å². The van der Waals surface area contributed by atoms with E-state index in [1.807, 2.05) is 33.8 Å². The summed E-state index contributed by atoms with van der Waals surface area (Å²) in [6.07, 6.45) is 1.69. The van der Waals surface area contributed by atoms with Crippen molar-refractivity contribution in [1.29, 1.82) is 0 Å². The maximum Gasteiger partial charge on any atom is 0.365 e. The molecule has 0 aliphatic heterocycles. The van der Waals surface area contributed by atoms with Crippen molar-refractivity contribution in [3.05, 3.63) is 67.7 Å². The first-order chi connectivity index (χ1) is 16.3. The molecule has 2 atom stereocenters. The molecule has 0 radical (unpaired) electrons. The highest BCUT2D eigenvalue weighted by molar-refractivity contribution is 6.32. The quantitative estimate of drug-likeness (QED) is 0.273. The molecule has 2 fully saturated rings. The Labute approximate surface area is 212 Å². The van der Waals surface area contributed by atoms with E-state index in [1.54, 1.807) is 12.1 Å². The van der Waals surface area contributed by atoms with Crippen LogP contribution in [-0.4, -0.2) is 22.5 Å². The van der Waals surface area contributed by atoms with E-state index in [1.165, 1.54) is 12.1 Å². The third-order valence-electron chi connectivity index (χ3n) is 8.30. The number of halogens is 2. The lowest BCUT2D eigenvalue weighted by molar-refractivity contribution is -0.384. The molecule has 8 nitrogen and oxygen atoms in total. The summed E-state index contributed by atoms with van der Waals surface area (Å²) in [4.78, 5) is 41.9. The number of oxime groups is 1. The minimum absolute atomic E-state index is 0.0399. The molecule has 2 saturated carbocycles. The van der Waals surface area contributed by atoms with Crippen LogP contribution in [0.1, 0.15) is 56.0 Å². The predicted molar refractivity (Wildman–Crippen MR) is 134 cm³/mol. The summed E-state index contributed by atoms with van der Waals surface area (Å²) >= 11 is 12.1. The number of carbonyl (C=O) groups is 2. The van der Waals surface area contributed by atoms with Crippen molar-refractivity contribution in [1.82, 2.24) is 0 Å². The SMILES string of the molecule is Cc1c(Cl)cccc1NC(=O)C12CCC(C)(C(=NOC(=O)c3ccc(Cl)c([N+](=O)[O-])c3)C1)C2(C)C. The Morgan fingerprint density at radius 3 is 2.51 bits per heavy atom. The molecular weight excluding hydrogens is 493 g/mol. The highest BCUT2D eigenvalue weighted by Crippen LogP contribution is 2.71. The van der Waals surface area contributed by atoms with E-state index in [0.29, 0.717) is 35.7 Å². The van der Waals surface area contributed by atoms with Crippen LogP contribution in [0, 0.1) is 33.3 Å². The van der Waals surface area contributed by atoms with Crippen LogP contribution in [0.2, 0.25) is 10.0 Å². The number of benzene rings is 2. The average molecular weight is 518 g/mol. The molecule has 2 aliphatic rings. The molecule has 184 valence electrons. The summed E-state index contributed by atoms with van der Waals surface area (Å²) in [6, 6.07) is 9.03. The van der Waals surface area contributed by atoms with Gasteiger partial charge in [-0.25, -0.2) is 4.79 Å². The fourth-order valence-corrected chi connectivity index (χ4v) is 5.80. The molecule has 2 unspecified atom stereocenters. The monoisotopic (exact) mass is 517 g/mol. The molecule has 35 heavy (non-hydrogen) atoms. The van der Waals surface area contributed by atoms with Crippen LogP contribution < -0.4 is 5.32 Å². The Morgan fingerprint density at radius 2 is 1.83 bits per heavy atom. The summed E-state index contributed by atoms with van der Waals surface area (Å²) in [5.74, 6) is -0.962. The van der Waals surface area contributed by atoms with Gasteiger partial charge < -0.3 is 10.2 Å². The lowest BCUT2D eigenvalue weighted by atomic mass is 9.64. The van der Waals surface area contributed by atoms with Crippen LogP contribution in [0.3, 0.4) is 0 Å². The zero-order valence-electron chi connectivity index (χ0n) is 19.8. The molecule has 1 N–H and O–H groups in total. The average Bonchev–Trinajstić information content (AvgIpc) is 3.11. The van der Waals surface area contributed by atoms with E-state index in [4.69, 9.17) is 28.0 Å². The van der Waals surface area contributed by atoms with Gasteiger partial charge >= 0.3 is 5.97 Å². The Kier molecular flexibility index (Phi) is 6.18. The number of nitro benzene ring substituents is 1. The third kappa shape index (κ3) is 3.79. The molecule has 0 heterocycles. The number of hydrogen-bond acceptors (Lipinski definition) is 6. The number of carbonyl (C=O) groups excluding carboxylic acids is 2. The Morgan fingerprint density at radius 1 is 1.11 bits per heavy atom. The van der Waals surface area contributed by atoms with Crippen molar-refractivity contribution in [2.45, 2.75) is 47.0 Å². The minimum atomic E-state index is -0.838. The number of fused-ring (bicyclic) bond motifs is 2. The van der Waals surface area contributed by atoms with E-state index < -0.39 is 32.8 Å². The summed E-state index contributed by atoms with van der Waals surface area (Å²) in [7, 11) is 0. The number of anilines is 1. The van der Waals surface area contributed by atoms with Crippen molar-refractivity contribution < 1.29 is 19.3 Å². The van der Waals surface area contributed by atoms with Crippen molar-refractivity contribution in [2.24, 2.45) is 21.4 Å². The van der Waals surface area contributed by atoms with Crippen molar-refractivity contribution >= 4 is 52.2 Å². The number of amides is 1. The van der Waals surface area contributed by atoms with E-state index in [9.17, 15) is 19.7 Å². The van der Waals surface area contributed by atoms with Gasteiger partial charge in [0.1, 0.15) is 5.02 Å². The number of nitrogens with one attached hydrogen (secondary N) is 1. The second kappa shape index (κ2) is 8.60. The topological polar surface area (TPSA) is 111 Å². The van der Waals surface area contributed by atoms with Crippen LogP contribution in [0.15, 0.2) is 41.6 Å². The fraction of sp³-hybridized carbons (Fsp3) is 0.400. The number of nitrogens with zero attached hydrogens (tertiary/aromatic N) is 2. The van der Waals surface area contributed by atoms with Gasteiger partial charge in [-0.05, 0) is 55.0 Å². The summed E-state index contributed by atoms with van der Waals surface area (Å²) in [6.45, 7) is 7.95. The van der Waals surface area contributed by atoms with E-state index in [0.717, 1.165) is 11.6 Å². The molecule has 2 bridgehead atoms. The standard InChI is InChI=1S/C25H25Cl2N3O5/c1-14-16(26)6-5-7-18(14)28-22(32)25-11-10-24(4,23(25,2)3)20(13-25)29-35-21(31)15-8-9-17(27)19(12-15)30(33)34/h5-9,12H,10-11,13H2,1-4H3,(H,28,32). The molecule has 4 rings (SSSR count). The van der Waals surface area contributed by atoms with Crippen LogP contribution in [0.4, 0.5) is 11.4 Å². The summed E-state index contributed by atoms with van der Waals surface area (Å²) < 4.78 is 0. The van der Waals surface area contributed by atoms with Gasteiger partial charge in [-0.2, -0.15) is 0 Å². The van der Waals surface area contributed by atoms with Crippen LogP contribution in [0.25, 0.3) is 0 Å². The van der Waals surface area contributed by atoms with Gasteiger partial charge in [0.15, 0.2) is 0 Å². The highest BCUT2D eigenvalue weighted by Gasteiger charge is 2.71. The van der Waals surface area contributed by atoms with Crippen molar-refractivity contribution in [2.75, 3.05) is 5.32 Å². The molecule has 0 spiro atoms. The molecule has 10 heteroatoms. The number of nitro groups is 1. The molecule has 0 saturated heterocycles. The number of hydrogen-bond donors (Lipinski definition) is 1. The highest BCUT2D eigenvalue weighted by atomic mass is 35.5. The van der Waals surface area contributed by atoms with Gasteiger partial charge in [-0.15, -0.1) is 0 Å². The zero-order chi connectivity index (χ0) is 25.8. The molecule has 1 amide bonds. The lowest BCUT2D eigenvalue weighted by Gasteiger charge is -2.39. The molecule has 0 aromatic heterocycles. The van der Waals surface area contributed by atoms with Gasteiger partial charge in [-0.3, -0.25) is 14.9 Å². The van der Waals surface area contributed by atoms with Crippen molar-refractivity contribution in [3.63, 3.8) is 0 Å². The van der Waals surface area contributed by atoms with Crippen molar-refractivity contribution in [3.8, 4) is 0 Å². The van der Waals surface area contributed by atoms with E-state index in [-0.39, 0.29) is 16.5 Å². The van der Waals surface area contributed by atoms with Gasteiger partial charge in [0, 0.05) is 28.6 Å². The third-order valence-corrected chi connectivity index (χ3v) is 9.03. The number of rotatable bonds is 5.